The number of benzene rings is 1. The molecule has 1 aromatic heterocycles. The second kappa shape index (κ2) is 4.33. The molecule has 0 aliphatic rings. The van der Waals surface area contributed by atoms with E-state index in [0.717, 1.165) is 10.4 Å². The van der Waals surface area contributed by atoms with Crippen molar-refractivity contribution >= 4 is 15.9 Å². The first-order chi connectivity index (χ1) is 6.84. The number of aromatic amines is 1. The fourth-order valence-corrected chi connectivity index (χ4v) is 1.49. The topological polar surface area (TPSA) is 25.0 Å². The Morgan fingerprint density at radius 2 is 2.00 bits per heavy atom. The molecule has 0 saturated carbocycles. The summed E-state index contributed by atoms with van der Waals surface area (Å²) in [6.45, 7) is 0.591. The molecule has 1 aromatic carbocycles. The van der Waals surface area contributed by atoms with Crippen LogP contribution in [-0.4, -0.2) is 4.98 Å². The normalized spacial score (nSPS) is 10.1. The number of ether oxygens (including phenoxy) is 1. The highest BCUT2D eigenvalue weighted by atomic mass is 79.9. The highest BCUT2D eigenvalue weighted by Crippen LogP contribution is 2.17. The zero-order valence-corrected chi connectivity index (χ0v) is 9.12. The Hall–Kier alpha value is -1.22. The molecule has 0 spiro atoms. The minimum Gasteiger partial charge on any atom is -0.474 e. The van der Waals surface area contributed by atoms with E-state index >= 15 is 0 Å². The Labute approximate surface area is 91.0 Å². The zero-order chi connectivity index (χ0) is 9.80. The maximum absolute atomic E-state index is 5.53. The van der Waals surface area contributed by atoms with E-state index in [4.69, 9.17) is 4.74 Å². The highest BCUT2D eigenvalue weighted by molar-refractivity contribution is 9.10. The van der Waals surface area contributed by atoms with Crippen molar-refractivity contribution in [3.05, 3.63) is 52.6 Å². The van der Waals surface area contributed by atoms with E-state index in [1.54, 1.807) is 0 Å². The van der Waals surface area contributed by atoms with E-state index in [2.05, 4.69) is 20.9 Å². The third-order valence-corrected chi connectivity index (χ3v) is 2.32. The summed E-state index contributed by atoms with van der Waals surface area (Å²) in [7, 11) is 0. The van der Waals surface area contributed by atoms with Gasteiger partial charge in [0.05, 0.1) is 0 Å². The molecular weight excluding hydrogens is 242 g/mol. The quantitative estimate of drug-likeness (QED) is 0.890. The van der Waals surface area contributed by atoms with Gasteiger partial charge in [-0.15, -0.1) is 0 Å². The molecule has 3 heteroatoms. The lowest BCUT2D eigenvalue weighted by molar-refractivity contribution is 0.295. The van der Waals surface area contributed by atoms with Crippen molar-refractivity contribution in [2.45, 2.75) is 6.61 Å². The van der Waals surface area contributed by atoms with Gasteiger partial charge in [0.25, 0.3) is 0 Å². The maximum Gasteiger partial charge on any atom is 0.192 e. The Bertz CT molecular complexity index is 397. The second-order valence-electron chi connectivity index (χ2n) is 2.96. The molecule has 0 bridgehead atoms. The third-order valence-electron chi connectivity index (χ3n) is 1.86. The second-order valence-corrected chi connectivity index (χ2v) is 3.87. The van der Waals surface area contributed by atoms with Crippen molar-refractivity contribution in [2.75, 3.05) is 0 Å². The molecule has 1 heterocycles. The fourth-order valence-electron chi connectivity index (χ4n) is 1.17. The van der Waals surface area contributed by atoms with Crippen LogP contribution < -0.4 is 4.74 Å². The van der Waals surface area contributed by atoms with E-state index < -0.39 is 0 Å². The fraction of sp³-hybridized carbons (Fsp3) is 0.0909. The molecule has 0 aliphatic heterocycles. The number of hydrogen-bond donors (Lipinski definition) is 1. The standard InChI is InChI=1S/C11H10BrNO/c12-10-6-11(13-7-10)14-8-9-4-2-1-3-5-9/h1-7,13H,8H2. The van der Waals surface area contributed by atoms with Crippen LogP contribution >= 0.6 is 15.9 Å². The summed E-state index contributed by atoms with van der Waals surface area (Å²) in [4.78, 5) is 3.01. The number of nitrogens with one attached hydrogen (secondary N) is 1. The third kappa shape index (κ3) is 2.39. The van der Waals surface area contributed by atoms with Gasteiger partial charge in [0.15, 0.2) is 5.88 Å². The molecule has 0 fully saturated rings. The van der Waals surface area contributed by atoms with Gasteiger partial charge < -0.3 is 9.72 Å². The van der Waals surface area contributed by atoms with Crippen molar-refractivity contribution in [3.8, 4) is 5.88 Å². The van der Waals surface area contributed by atoms with Crippen LogP contribution in [-0.2, 0) is 6.61 Å². The number of hydrogen-bond acceptors (Lipinski definition) is 1. The minimum atomic E-state index is 0.591. The summed E-state index contributed by atoms with van der Waals surface area (Å²) < 4.78 is 6.53. The van der Waals surface area contributed by atoms with Gasteiger partial charge in [-0.1, -0.05) is 30.3 Å². The van der Waals surface area contributed by atoms with Crippen LogP contribution in [0, 0.1) is 0 Å². The largest absolute Gasteiger partial charge is 0.474 e. The van der Waals surface area contributed by atoms with Gasteiger partial charge in [-0.2, -0.15) is 0 Å². The molecule has 1 N–H and O–H groups in total. The lowest BCUT2D eigenvalue weighted by atomic mass is 10.2. The summed E-state index contributed by atoms with van der Waals surface area (Å²) in [5.41, 5.74) is 1.17. The molecular formula is C11H10BrNO. The lowest BCUT2D eigenvalue weighted by Gasteiger charge is -2.02. The van der Waals surface area contributed by atoms with Crippen LogP contribution in [0.3, 0.4) is 0 Å². The van der Waals surface area contributed by atoms with E-state index in [9.17, 15) is 0 Å². The van der Waals surface area contributed by atoms with Crippen LogP contribution in [0.25, 0.3) is 0 Å². The Kier molecular flexibility index (Phi) is 2.89. The average molecular weight is 252 g/mol. The molecule has 0 radical (unpaired) electrons. The molecule has 2 aromatic rings. The van der Waals surface area contributed by atoms with Crippen molar-refractivity contribution in [1.82, 2.24) is 4.98 Å². The number of rotatable bonds is 3. The van der Waals surface area contributed by atoms with Gasteiger partial charge in [0.1, 0.15) is 6.61 Å². The summed E-state index contributed by atoms with van der Waals surface area (Å²) in [5.74, 6) is 0.778. The molecule has 14 heavy (non-hydrogen) atoms. The molecule has 2 rings (SSSR count). The Balaban J connectivity index is 1.95. The minimum absolute atomic E-state index is 0.591. The maximum atomic E-state index is 5.53. The summed E-state index contributed by atoms with van der Waals surface area (Å²) >= 11 is 3.35. The summed E-state index contributed by atoms with van der Waals surface area (Å²) in [6, 6.07) is 12.0. The summed E-state index contributed by atoms with van der Waals surface area (Å²) in [5, 5.41) is 0. The van der Waals surface area contributed by atoms with Crippen molar-refractivity contribution in [3.63, 3.8) is 0 Å². The molecule has 0 amide bonds. The van der Waals surface area contributed by atoms with E-state index in [-0.39, 0.29) is 0 Å². The predicted molar refractivity (Wildman–Crippen MR) is 59.3 cm³/mol. The van der Waals surface area contributed by atoms with Crippen LogP contribution in [0.2, 0.25) is 0 Å². The van der Waals surface area contributed by atoms with Gasteiger partial charge in [-0.05, 0) is 21.5 Å². The Morgan fingerprint density at radius 1 is 1.21 bits per heavy atom. The number of H-pyrrole nitrogens is 1. The van der Waals surface area contributed by atoms with E-state index in [1.807, 2.05) is 42.6 Å². The summed E-state index contributed by atoms with van der Waals surface area (Å²) in [6.07, 6.45) is 1.85. The van der Waals surface area contributed by atoms with Crippen molar-refractivity contribution < 1.29 is 4.74 Å². The first-order valence-electron chi connectivity index (χ1n) is 4.35. The van der Waals surface area contributed by atoms with Gasteiger partial charge in [-0.3, -0.25) is 0 Å². The SMILES string of the molecule is Brc1c[nH]c(OCc2ccccc2)c1. The van der Waals surface area contributed by atoms with E-state index in [0.29, 0.717) is 6.61 Å². The highest BCUT2D eigenvalue weighted by Gasteiger charge is 1.97. The number of aromatic nitrogens is 1. The zero-order valence-electron chi connectivity index (χ0n) is 7.53. The smallest absolute Gasteiger partial charge is 0.192 e. The van der Waals surface area contributed by atoms with Crippen molar-refractivity contribution in [2.24, 2.45) is 0 Å². The van der Waals surface area contributed by atoms with E-state index in [1.165, 1.54) is 5.56 Å². The molecule has 0 unspecified atom stereocenters. The van der Waals surface area contributed by atoms with Crippen LogP contribution in [0.15, 0.2) is 47.1 Å². The van der Waals surface area contributed by atoms with Gasteiger partial charge >= 0.3 is 0 Å². The van der Waals surface area contributed by atoms with Crippen LogP contribution in [0.1, 0.15) is 5.56 Å². The average Bonchev–Trinajstić information content (AvgIpc) is 2.63. The monoisotopic (exact) mass is 251 g/mol. The molecule has 72 valence electrons. The molecule has 0 aliphatic carbocycles. The Morgan fingerprint density at radius 3 is 2.64 bits per heavy atom. The lowest BCUT2D eigenvalue weighted by Crippen LogP contribution is -1.94. The van der Waals surface area contributed by atoms with Crippen LogP contribution in [0.5, 0.6) is 5.88 Å². The first-order valence-corrected chi connectivity index (χ1v) is 5.14. The predicted octanol–water partition coefficient (Wildman–Crippen LogP) is 3.36. The first kappa shape index (κ1) is 9.34. The molecule has 0 saturated heterocycles. The molecule has 0 atom stereocenters. The van der Waals surface area contributed by atoms with Gasteiger partial charge in [0, 0.05) is 16.7 Å². The van der Waals surface area contributed by atoms with Crippen molar-refractivity contribution in [1.29, 1.82) is 0 Å². The van der Waals surface area contributed by atoms with Gasteiger partial charge in [0.2, 0.25) is 0 Å². The van der Waals surface area contributed by atoms with Gasteiger partial charge in [-0.25, -0.2) is 0 Å². The molecule has 2 nitrogen and oxygen atoms in total. The van der Waals surface area contributed by atoms with Crippen LogP contribution in [0.4, 0.5) is 0 Å². The number of halogens is 1.